The van der Waals surface area contributed by atoms with Crippen molar-refractivity contribution in [2.75, 3.05) is 5.73 Å². The predicted molar refractivity (Wildman–Crippen MR) is 78.8 cm³/mol. The molecule has 102 valence electrons. The third kappa shape index (κ3) is 2.92. The number of nitrogen functional groups attached to an aromatic ring is 1. The quantitative estimate of drug-likeness (QED) is 0.827. The first-order valence-corrected chi connectivity index (χ1v) is 5.91. The van der Waals surface area contributed by atoms with Crippen molar-refractivity contribution < 1.29 is 4.42 Å². The van der Waals surface area contributed by atoms with Gasteiger partial charge in [0, 0.05) is 5.70 Å². The zero-order valence-corrected chi connectivity index (χ0v) is 11.1. The molecule has 2 heterocycles. The van der Waals surface area contributed by atoms with Gasteiger partial charge in [0.2, 0.25) is 0 Å². The molecule has 20 heavy (non-hydrogen) atoms. The van der Waals surface area contributed by atoms with Crippen LogP contribution in [0.2, 0.25) is 0 Å². The lowest BCUT2D eigenvalue weighted by Crippen LogP contribution is -2.07. The molecule has 0 aliphatic rings. The van der Waals surface area contributed by atoms with Gasteiger partial charge < -0.3 is 15.9 Å². The molecule has 0 saturated heterocycles. The second-order valence-electron chi connectivity index (χ2n) is 4.06. The summed E-state index contributed by atoms with van der Waals surface area (Å²) in [5, 5.41) is 0. The number of anilines is 1. The van der Waals surface area contributed by atoms with E-state index in [1.54, 1.807) is 31.4 Å². The Balaban J connectivity index is 2.64. The Hall–Kier alpha value is -2.89. The molecule has 0 unspecified atom stereocenters. The monoisotopic (exact) mass is 269 g/mol. The number of aromatic nitrogens is 2. The Morgan fingerprint density at radius 1 is 1.50 bits per heavy atom. The van der Waals surface area contributed by atoms with Crippen LogP contribution < -0.4 is 11.5 Å². The predicted octanol–water partition coefficient (Wildman–Crippen LogP) is 2.11. The van der Waals surface area contributed by atoms with Crippen molar-refractivity contribution in [3.63, 3.8) is 0 Å². The fourth-order valence-electron chi connectivity index (χ4n) is 1.64. The van der Waals surface area contributed by atoms with Gasteiger partial charge in [-0.15, -0.1) is 0 Å². The molecule has 0 amide bonds. The molecular weight excluding hydrogens is 254 g/mol. The molecule has 0 spiro atoms. The Bertz CT molecular complexity index is 671. The summed E-state index contributed by atoms with van der Waals surface area (Å²) in [6.07, 6.45) is 6.02. The SMILES string of the molecule is C=C(C)N=C(/C=C\N)c1ncc(N)nc1-c1ccco1. The van der Waals surface area contributed by atoms with Crippen LogP contribution in [-0.4, -0.2) is 15.7 Å². The molecule has 0 bridgehead atoms. The highest BCUT2D eigenvalue weighted by molar-refractivity contribution is 6.11. The lowest BCUT2D eigenvalue weighted by molar-refractivity contribution is 0.579. The van der Waals surface area contributed by atoms with Crippen molar-refractivity contribution in [2.24, 2.45) is 10.7 Å². The van der Waals surface area contributed by atoms with E-state index in [2.05, 4.69) is 21.5 Å². The zero-order chi connectivity index (χ0) is 14.5. The van der Waals surface area contributed by atoms with Crippen LogP contribution >= 0.6 is 0 Å². The van der Waals surface area contributed by atoms with E-state index >= 15 is 0 Å². The van der Waals surface area contributed by atoms with Crippen molar-refractivity contribution in [3.8, 4) is 11.5 Å². The van der Waals surface area contributed by atoms with Crippen LogP contribution in [-0.2, 0) is 0 Å². The van der Waals surface area contributed by atoms with Crippen LogP contribution in [0.15, 0.2) is 58.6 Å². The maximum absolute atomic E-state index is 5.69. The van der Waals surface area contributed by atoms with E-state index in [0.717, 1.165) is 0 Å². The molecule has 4 N–H and O–H groups in total. The molecule has 2 aromatic rings. The van der Waals surface area contributed by atoms with E-state index in [1.807, 2.05) is 0 Å². The van der Waals surface area contributed by atoms with E-state index in [-0.39, 0.29) is 0 Å². The number of furan rings is 1. The first-order valence-electron chi connectivity index (χ1n) is 5.91. The van der Waals surface area contributed by atoms with E-state index in [9.17, 15) is 0 Å². The standard InChI is InChI=1S/C14H15N5O/c1-9(2)18-10(5-6-15)13-14(11-4-3-7-20-11)19-12(16)8-17-13/h3-8H,1,15H2,2H3,(H2,16,19)/b6-5-,18-10?. The van der Waals surface area contributed by atoms with Gasteiger partial charge in [0.25, 0.3) is 0 Å². The molecule has 0 atom stereocenters. The van der Waals surface area contributed by atoms with Crippen LogP contribution in [0.25, 0.3) is 11.5 Å². The van der Waals surface area contributed by atoms with Gasteiger partial charge in [0.1, 0.15) is 17.2 Å². The average molecular weight is 269 g/mol. The third-order valence-corrected chi connectivity index (χ3v) is 2.35. The maximum Gasteiger partial charge on any atom is 0.154 e. The minimum atomic E-state index is 0.298. The Kier molecular flexibility index (Phi) is 3.95. The van der Waals surface area contributed by atoms with Crippen LogP contribution in [0, 0.1) is 0 Å². The molecule has 6 nitrogen and oxygen atoms in total. The number of hydrogen-bond donors (Lipinski definition) is 2. The minimum absolute atomic E-state index is 0.298. The smallest absolute Gasteiger partial charge is 0.154 e. The first kappa shape index (κ1) is 13.5. The van der Waals surface area contributed by atoms with E-state index < -0.39 is 0 Å². The van der Waals surface area contributed by atoms with Crippen LogP contribution in [0.3, 0.4) is 0 Å². The lowest BCUT2D eigenvalue weighted by atomic mass is 10.1. The zero-order valence-electron chi connectivity index (χ0n) is 11.1. The van der Waals surface area contributed by atoms with Crippen molar-refractivity contribution in [3.05, 3.63) is 54.8 Å². The van der Waals surface area contributed by atoms with Gasteiger partial charge >= 0.3 is 0 Å². The number of hydrogen-bond acceptors (Lipinski definition) is 6. The number of nitrogens with zero attached hydrogens (tertiary/aromatic N) is 3. The second kappa shape index (κ2) is 5.83. The normalized spacial score (nSPS) is 11.9. The highest BCUT2D eigenvalue weighted by Crippen LogP contribution is 2.23. The van der Waals surface area contributed by atoms with Gasteiger partial charge in [0.05, 0.1) is 18.2 Å². The van der Waals surface area contributed by atoms with Crippen molar-refractivity contribution in [1.82, 2.24) is 9.97 Å². The summed E-state index contributed by atoms with van der Waals surface area (Å²) in [6, 6.07) is 3.54. The van der Waals surface area contributed by atoms with Gasteiger partial charge in [-0.1, -0.05) is 6.58 Å². The summed E-state index contributed by atoms with van der Waals surface area (Å²) in [4.78, 5) is 12.8. The molecule has 0 radical (unpaired) electrons. The Morgan fingerprint density at radius 3 is 2.90 bits per heavy atom. The van der Waals surface area contributed by atoms with Crippen molar-refractivity contribution in [1.29, 1.82) is 0 Å². The summed E-state index contributed by atoms with van der Waals surface area (Å²) < 4.78 is 5.36. The third-order valence-electron chi connectivity index (χ3n) is 2.35. The Labute approximate surface area is 116 Å². The molecule has 0 aliphatic heterocycles. The fraction of sp³-hybridized carbons (Fsp3) is 0.0714. The molecular formula is C14H15N5O. The van der Waals surface area contributed by atoms with E-state index in [0.29, 0.717) is 34.4 Å². The molecule has 2 rings (SSSR count). The molecule has 2 aromatic heterocycles. The second-order valence-corrected chi connectivity index (χ2v) is 4.06. The summed E-state index contributed by atoms with van der Waals surface area (Å²) in [5.74, 6) is 0.853. The summed E-state index contributed by atoms with van der Waals surface area (Å²) >= 11 is 0. The number of rotatable bonds is 4. The molecule has 0 saturated carbocycles. The highest BCUT2D eigenvalue weighted by atomic mass is 16.3. The van der Waals surface area contributed by atoms with Crippen LogP contribution in [0.1, 0.15) is 12.6 Å². The molecule has 0 fully saturated rings. The van der Waals surface area contributed by atoms with Crippen LogP contribution in [0.5, 0.6) is 0 Å². The topological polar surface area (TPSA) is 103 Å². The fourth-order valence-corrected chi connectivity index (χ4v) is 1.64. The Morgan fingerprint density at radius 2 is 2.30 bits per heavy atom. The van der Waals surface area contributed by atoms with Gasteiger partial charge in [-0.05, 0) is 31.3 Å². The van der Waals surface area contributed by atoms with E-state index in [4.69, 9.17) is 15.9 Å². The number of allylic oxidation sites excluding steroid dienone is 2. The van der Waals surface area contributed by atoms with Crippen molar-refractivity contribution >= 4 is 11.5 Å². The average Bonchev–Trinajstić information content (AvgIpc) is 2.91. The van der Waals surface area contributed by atoms with Crippen molar-refractivity contribution in [2.45, 2.75) is 6.92 Å². The molecule has 6 heteroatoms. The van der Waals surface area contributed by atoms with Crippen LogP contribution in [0.4, 0.5) is 5.82 Å². The summed E-state index contributed by atoms with van der Waals surface area (Å²) in [7, 11) is 0. The lowest BCUT2D eigenvalue weighted by Gasteiger charge is -2.07. The summed E-state index contributed by atoms with van der Waals surface area (Å²) in [5.41, 5.74) is 13.3. The minimum Gasteiger partial charge on any atom is -0.463 e. The molecule has 0 aliphatic carbocycles. The van der Waals surface area contributed by atoms with E-state index in [1.165, 1.54) is 12.4 Å². The maximum atomic E-state index is 5.69. The highest BCUT2D eigenvalue weighted by Gasteiger charge is 2.15. The number of aliphatic imine (C=N–C) groups is 1. The summed E-state index contributed by atoms with van der Waals surface area (Å²) in [6.45, 7) is 5.53. The first-order chi connectivity index (χ1) is 9.61. The van der Waals surface area contributed by atoms with Gasteiger partial charge in [-0.25, -0.2) is 9.97 Å². The van der Waals surface area contributed by atoms with Gasteiger partial charge in [-0.3, -0.25) is 4.99 Å². The molecule has 0 aromatic carbocycles. The largest absolute Gasteiger partial charge is 0.463 e. The van der Waals surface area contributed by atoms with Gasteiger partial charge in [-0.2, -0.15) is 0 Å². The van der Waals surface area contributed by atoms with Gasteiger partial charge in [0.15, 0.2) is 5.76 Å². The number of nitrogens with two attached hydrogens (primary N) is 2.